The van der Waals surface area contributed by atoms with Crippen LogP contribution in [0.5, 0.6) is 0 Å². The first-order valence-corrected chi connectivity index (χ1v) is 7.63. The molecule has 0 saturated carbocycles. The van der Waals surface area contributed by atoms with Crippen LogP contribution in [-0.4, -0.2) is 10.9 Å². The summed E-state index contributed by atoms with van der Waals surface area (Å²) >= 11 is 8.30. The molecule has 4 nitrogen and oxygen atoms in total. The van der Waals surface area contributed by atoms with Crippen LogP contribution in [0.3, 0.4) is 0 Å². The molecular weight excluding hydrogens is 401 g/mol. The number of fused-ring (bicyclic) bond motifs is 1. The van der Waals surface area contributed by atoms with Crippen LogP contribution in [0.2, 0.25) is 5.02 Å². The number of carbonyl (C=O) groups is 1. The predicted octanol–water partition coefficient (Wildman–Crippen LogP) is 4.26. The summed E-state index contributed by atoms with van der Waals surface area (Å²) in [7, 11) is 0. The minimum absolute atomic E-state index is 0.227. The predicted molar refractivity (Wildman–Crippen MR) is 94.8 cm³/mol. The number of aromatic nitrogens is 1. The van der Waals surface area contributed by atoms with Crippen molar-refractivity contribution in [2.24, 2.45) is 0 Å². The fourth-order valence-corrected chi connectivity index (χ4v) is 3.01. The highest BCUT2D eigenvalue weighted by Gasteiger charge is 2.13. The first-order valence-electron chi connectivity index (χ1n) is 6.17. The second-order valence-electron chi connectivity index (χ2n) is 4.59. The first kappa shape index (κ1) is 14.2. The van der Waals surface area contributed by atoms with Gasteiger partial charge in [0.1, 0.15) is 0 Å². The van der Waals surface area contributed by atoms with Crippen molar-refractivity contribution in [3.05, 3.63) is 56.8 Å². The number of carbonyl (C=O) groups excluding carboxylic acids is 1. The maximum absolute atomic E-state index is 12.4. The molecule has 0 aliphatic rings. The number of benzene rings is 2. The molecule has 3 rings (SSSR count). The zero-order valence-electron chi connectivity index (χ0n) is 10.8. The summed E-state index contributed by atoms with van der Waals surface area (Å²) in [6, 6.07) is 10.9. The number of nitrogens with one attached hydrogen (secondary N) is 2. The maximum Gasteiger partial charge on any atom is 0.257 e. The van der Waals surface area contributed by atoms with Gasteiger partial charge in [-0.25, -0.2) is 0 Å². The Morgan fingerprint density at radius 3 is 2.81 bits per heavy atom. The minimum Gasteiger partial charge on any atom is -0.399 e. The van der Waals surface area contributed by atoms with Gasteiger partial charge in [-0.3, -0.25) is 4.79 Å². The third-order valence-electron chi connectivity index (χ3n) is 3.13. The molecule has 6 heteroatoms. The van der Waals surface area contributed by atoms with E-state index < -0.39 is 0 Å². The van der Waals surface area contributed by atoms with Crippen molar-refractivity contribution in [1.82, 2.24) is 4.98 Å². The molecule has 106 valence electrons. The molecule has 0 unspecified atom stereocenters. The molecule has 0 atom stereocenters. The molecule has 2 aromatic carbocycles. The summed E-state index contributed by atoms with van der Waals surface area (Å²) in [6.07, 6.45) is 1.67. The second kappa shape index (κ2) is 5.57. The van der Waals surface area contributed by atoms with Gasteiger partial charge in [-0.05, 0) is 59.0 Å². The molecule has 0 radical (unpaired) electrons. The van der Waals surface area contributed by atoms with Crippen molar-refractivity contribution in [2.75, 3.05) is 11.1 Å². The van der Waals surface area contributed by atoms with Crippen molar-refractivity contribution < 1.29 is 4.79 Å². The topological polar surface area (TPSA) is 70.9 Å². The van der Waals surface area contributed by atoms with Gasteiger partial charge in [0.15, 0.2) is 0 Å². The fourth-order valence-electron chi connectivity index (χ4n) is 2.11. The lowest BCUT2D eigenvalue weighted by Crippen LogP contribution is -2.11. The molecule has 0 fully saturated rings. The summed E-state index contributed by atoms with van der Waals surface area (Å²) in [5.41, 5.74) is 8.37. The number of halogens is 2. The SMILES string of the molecule is Nc1ccc2[nH]cc(C(=O)Nc3ccc(I)cc3Cl)c2c1. The number of aromatic amines is 1. The lowest BCUT2D eigenvalue weighted by atomic mass is 10.1. The van der Waals surface area contributed by atoms with Crippen LogP contribution in [-0.2, 0) is 0 Å². The van der Waals surface area contributed by atoms with Crippen molar-refractivity contribution in [2.45, 2.75) is 0 Å². The van der Waals surface area contributed by atoms with Gasteiger partial charge in [0, 0.05) is 26.4 Å². The molecular formula is C15H11ClIN3O. The lowest BCUT2D eigenvalue weighted by Gasteiger charge is -2.07. The number of nitrogen functional groups attached to an aromatic ring is 1. The Labute approximate surface area is 139 Å². The molecule has 0 bridgehead atoms. The molecule has 4 N–H and O–H groups in total. The monoisotopic (exact) mass is 411 g/mol. The van der Waals surface area contributed by atoms with Crippen LogP contribution >= 0.6 is 34.2 Å². The summed E-state index contributed by atoms with van der Waals surface area (Å²) in [4.78, 5) is 15.5. The van der Waals surface area contributed by atoms with Crippen LogP contribution in [0.15, 0.2) is 42.6 Å². The van der Waals surface area contributed by atoms with Crippen LogP contribution < -0.4 is 11.1 Å². The number of hydrogen-bond donors (Lipinski definition) is 3. The van der Waals surface area contributed by atoms with E-state index in [0.29, 0.717) is 22.0 Å². The van der Waals surface area contributed by atoms with Gasteiger partial charge >= 0.3 is 0 Å². The Morgan fingerprint density at radius 1 is 1.24 bits per heavy atom. The van der Waals surface area contributed by atoms with Crippen LogP contribution in [0.25, 0.3) is 10.9 Å². The largest absolute Gasteiger partial charge is 0.399 e. The normalized spacial score (nSPS) is 10.8. The van der Waals surface area contributed by atoms with E-state index in [1.807, 2.05) is 12.1 Å². The average molecular weight is 412 g/mol. The molecule has 1 aromatic heterocycles. The van der Waals surface area contributed by atoms with Gasteiger partial charge in [-0.15, -0.1) is 0 Å². The quantitative estimate of drug-likeness (QED) is 0.435. The molecule has 1 amide bonds. The molecule has 0 spiro atoms. The zero-order valence-corrected chi connectivity index (χ0v) is 13.7. The van der Waals surface area contributed by atoms with E-state index in [1.54, 1.807) is 30.5 Å². The van der Waals surface area contributed by atoms with Gasteiger partial charge in [-0.2, -0.15) is 0 Å². The number of anilines is 2. The smallest absolute Gasteiger partial charge is 0.257 e. The highest BCUT2D eigenvalue weighted by atomic mass is 127. The molecule has 0 saturated heterocycles. The van der Waals surface area contributed by atoms with E-state index in [-0.39, 0.29) is 5.91 Å². The molecule has 21 heavy (non-hydrogen) atoms. The van der Waals surface area contributed by atoms with Gasteiger partial charge in [0.05, 0.1) is 16.3 Å². The molecule has 3 aromatic rings. The Kier molecular flexibility index (Phi) is 3.77. The van der Waals surface area contributed by atoms with Crippen molar-refractivity contribution in [3.8, 4) is 0 Å². The van der Waals surface area contributed by atoms with E-state index in [9.17, 15) is 4.79 Å². The number of amides is 1. The summed E-state index contributed by atoms with van der Waals surface area (Å²) in [5.74, 6) is -0.227. The molecule has 0 aliphatic carbocycles. The van der Waals surface area contributed by atoms with Crippen molar-refractivity contribution >= 4 is 62.4 Å². The third-order valence-corrected chi connectivity index (χ3v) is 4.11. The van der Waals surface area contributed by atoms with E-state index in [0.717, 1.165) is 14.5 Å². The Balaban J connectivity index is 1.95. The summed E-state index contributed by atoms with van der Waals surface area (Å²) in [6.45, 7) is 0. The number of H-pyrrole nitrogens is 1. The van der Waals surface area contributed by atoms with Crippen LogP contribution in [0.4, 0.5) is 11.4 Å². The highest BCUT2D eigenvalue weighted by Crippen LogP contribution is 2.26. The minimum atomic E-state index is -0.227. The number of hydrogen-bond acceptors (Lipinski definition) is 2. The van der Waals surface area contributed by atoms with Crippen LogP contribution in [0.1, 0.15) is 10.4 Å². The number of rotatable bonds is 2. The van der Waals surface area contributed by atoms with Gasteiger partial charge in [-0.1, -0.05) is 11.6 Å². The second-order valence-corrected chi connectivity index (χ2v) is 6.24. The van der Waals surface area contributed by atoms with Gasteiger partial charge < -0.3 is 16.0 Å². The zero-order chi connectivity index (χ0) is 15.0. The molecule has 0 aliphatic heterocycles. The number of nitrogens with two attached hydrogens (primary N) is 1. The summed E-state index contributed by atoms with van der Waals surface area (Å²) in [5, 5.41) is 4.11. The molecule has 1 heterocycles. The standard InChI is InChI=1S/C15H11ClIN3O/c16-12-5-8(17)1-3-14(12)20-15(21)11-7-19-13-4-2-9(18)6-10(11)13/h1-7,19H,18H2,(H,20,21). The highest BCUT2D eigenvalue weighted by molar-refractivity contribution is 14.1. The first-order chi connectivity index (χ1) is 10.0. The third kappa shape index (κ3) is 2.84. The average Bonchev–Trinajstić information content (AvgIpc) is 2.85. The van der Waals surface area contributed by atoms with Crippen molar-refractivity contribution in [1.29, 1.82) is 0 Å². The Bertz CT molecular complexity index is 844. The van der Waals surface area contributed by atoms with E-state index in [2.05, 4.69) is 32.9 Å². The van der Waals surface area contributed by atoms with Crippen molar-refractivity contribution in [3.63, 3.8) is 0 Å². The fraction of sp³-hybridized carbons (Fsp3) is 0. The Morgan fingerprint density at radius 2 is 2.05 bits per heavy atom. The summed E-state index contributed by atoms with van der Waals surface area (Å²) < 4.78 is 1.01. The van der Waals surface area contributed by atoms with Gasteiger partial charge in [0.2, 0.25) is 0 Å². The van der Waals surface area contributed by atoms with E-state index in [1.165, 1.54) is 0 Å². The van der Waals surface area contributed by atoms with Gasteiger partial charge in [0.25, 0.3) is 5.91 Å². The maximum atomic E-state index is 12.4. The van der Waals surface area contributed by atoms with E-state index >= 15 is 0 Å². The Hall–Kier alpha value is -1.73. The lowest BCUT2D eigenvalue weighted by molar-refractivity contribution is 0.102. The van der Waals surface area contributed by atoms with Crippen LogP contribution in [0, 0.1) is 3.57 Å². The van der Waals surface area contributed by atoms with E-state index in [4.69, 9.17) is 17.3 Å².